The maximum absolute atomic E-state index is 12.5. The van der Waals surface area contributed by atoms with Crippen LogP contribution in [0.1, 0.15) is 33.4 Å². The fraction of sp³-hybridized carbons (Fsp3) is 0.162. The van der Waals surface area contributed by atoms with Crippen LogP contribution in [0.3, 0.4) is 0 Å². The van der Waals surface area contributed by atoms with Gasteiger partial charge in [-0.05, 0) is 99.7 Å². The fourth-order valence-electron chi connectivity index (χ4n) is 6.58. The molecule has 9 nitrogen and oxygen atoms in total. The summed E-state index contributed by atoms with van der Waals surface area (Å²) in [7, 11) is -9.32. The van der Waals surface area contributed by atoms with Crippen LogP contribution in [0, 0.1) is 41.5 Å². The number of benzene rings is 5. The molecule has 0 fully saturated rings. The van der Waals surface area contributed by atoms with Crippen LogP contribution in [0.5, 0.6) is 0 Å². The second-order valence-corrected chi connectivity index (χ2v) is 14.8. The van der Waals surface area contributed by atoms with Gasteiger partial charge in [0.25, 0.3) is 10.1 Å². The van der Waals surface area contributed by atoms with E-state index < -0.39 is 20.2 Å². The maximum atomic E-state index is 12.5. The third-order valence-electron chi connectivity index (χ3n) is 8.44. The van der Waals surface area contributed by atoms with E-state index in [9.17, 15) is 25.9 Å². The molecule has 4 aromatic carbocycles. The van der Waals surface area contributed by atoms with Gasteiger partial charge in [0.1, 0.15) is 26.4 Å². The van der Waals surface area contributed by atoms with Gasteiger partial charge in [0.15, 0.2) is 0 Å². The third-order valence-corrected chi connectivity index (χ3v) is 10.5. The zero-order valence-corrected chi connectivity index (χ0v) is 29.8. The zero-order chi connectivity index (χ0) is 34.7. The van der Waals surface area contributed by atoms with Crippen molar-refractivity contribution in [2.24, 2.45) is 4.99 Å². The van der Waals surface area contributed by atoms with Crippen LogP contribution in [-0.4, -0.2) is 25.9 Å². The quantitative estimate of drug-likeness (QED) is 0.138. The smallest absolute Gasteiger partial charge is 0.744 e. The maximum Gasteiger partial charge on any atom is 1.00 e. The number of anilines is 2. The molecule has 0 unspecified atom stereocenters. The summed E-state index contributed by atoms with van der Waals surface area (Å²) in [6.45, 7) is 11.0. The van der Waals surface area contributed by atoms with Crippen LogP contribution < -0.4 is 29.5 Å². The van der Waals surface area contributed by atoms with Crippen molar-refractivity contribution in [3.8, 4) is 22.5 Å². The van der Waals surface area contributed by atoms with Gasteiger partial charge in [-0.3, -0.25) is 4.55 Å². The summed E-state index contributed by atoms with van der Waals surface area (Å²) in [5.41, 5.74) is 8.24. The molecule has 0 radical (unpaired) electrons. The summed E-state index contributed by atoms with van der Waals surface area (Å²) >= 11 is 0. The number of nitrogens with one attached hydrogen (secondary N) is 1. The van der Waals surface area contributed by atoms with Gasteiger partial charge in [0, 0.05) is 45.6 Å². The molecule has 1 aliphatic heterocycles. The SMILES string of the molecule is Cc1cc(C)c(N=c2ccc3c(-c4ccccc4S(=O)(=O)O)c4ccc(Nc5c(C)cc(C)c(S(=O)(=O)[O-])c5C)cc4oc-3c2)c(C)c1.[Li+]. The number of aryl methyl sites for hydroxylation is 5. The van der Waals surface area contributed by atoms with E-state index in [1.54, 1.807) is 56.3 Å². The molecule has 1 aliphatic carbocycles. The number of fused-ring (bicyclic) bond motifs is 2. The first-order valence-corrected chi connectivity index (χ1v) is 17.9. The Morgan fingerprint density at radius 1 is 0.755 bits per heavy atom. The molecule has 1 heterocycles. The first kappa shape index (κ1) is 36.1. The molecule has 246 valence electrons. The molecule has 6 rings (SSSR count). The second-order valence-electron chi connectivity index (χ2n) is 12.1. The van der Waals surface area contributed by atoms with Crippen molar-refractivity contribution in [1.82, 2.24) is 0 Å². The Balaban J connectivity index is 0.00000468. The Bertz CT molecular complexity index is 2540. The summed E-state index contributed by atoms with van der Waals surface area (Å²) < 4.78 is 78.0. The topological polar surface area (TPSA) is 149 Å². The van der Waals surface area contributed by atoms with Gasteiger partial charge < -0.3 is 14.3 Å². The zero-order valence-electron chi connectivity index (χ0n) is 28.2. The third kappa shape index (κ3) is 6.96. The van der Waals surface area contributed by atoms with E-state index in [0.29, 0.717) is 55.7 Å². The van der Waals surface area contributed by atoms with Crippen molar-refractivity contribution in [3.05, 3.63) is 118 Å². The second kappa shape index (κ2) is 13.2. The van der Waals surface area contributed by atoms with Gasteiger partial charge >= 0.3 is 18.9 Å². The van der Waals surface area contributed by atoms with E-state index in [1.165, 1.54) is 12.1 Å². The summed E-state index contributed by atoms with van der Waals surface area (Å²) in [6.07, 6.45) is 0. The molecule has 0 atom stereocenters. The van der Waals surface area contributed by atoms with Crippen LogP contribution in [0.2, 0.25) is 0 Å². The molecule has 0 bridgehead atoms. The van der Waals surface area contributed by atoms with E-state index >= 15 is 0 Å². The molecule has 49 heavy (non-hydrogen) atoms. The van der Waals surface area contributed by atoms with Crippen molar-refractivity contribution in [1.29, 1.82) is 0 Å². The minimum Gasteiger partial charge on any atom is -0.744 e. The molecule has 0 saturated carbocycles. The van der Waals surface area contributed by atoms with E-state index in [4.69, 9.17) is 9.41 Å². The fourth-order valence-corrected chi connectivity index (χ4v) is 8.21. The van der Waals surface area contributed by atoms with Crippen LogP contribution in [0.4, 0.5) is 17.1 Å². The number of rotatable bonds is 6. The molecular weight excluding hydrogens is 655 g/mol. The number of nitrogens with zero attached hydrogens (tertiary/aromatic N) is 1. The number of hydrogen-bond donors (Lipinski definition) is 2. The Hall–Kier alpha value is -4.21. The molecule has 4 aromatic rings. The van der Waals surface area contributed by atoms with Crippen molar-refractivity contribution in [2.45, 2.75) is 51.3 Å². The predicted octanol–water partition coefficient (Wildman–Crippen LogP) is 5.19. The van der Waals surface area contributed by atoms with Gasteiger partial charge in [0.2, 0.25) is 0 Å². The monoisotopic (exact) mass is 688 g/mol. The molecule has 0 spiro atoms. The van der Waals surface area contributed by atoms with Gasteiger partial charge in [-0.25, -0.2) is 13.4 Å². The molecule has 2 N–H and O–H groups in total. The van der Waals surface area contributed by atoms with E-state index in [-0.39, 0.29) is 34.2 Å². The van der Waals surface area contributed by atoms with Crippen LogP contribution in [0.15, 0.2) is 98.1 Å². The van der Waals surface area contributed by atoms with Gasteiger partial charge in [0.05, 0.1) is 15.9 Å². The minimum atomic E-state index is -4.73. The van der Waals surface area contributed by atoms with E-state index in [1.807, 2.05) is 39.8 Å². The average Bonchev–Trinajstić information content (AvgIpc) is 2.98. The van der Waals surface area contributed by atoms with Crippen molar-refractivity contribution < 1.29 is 49.2 Å². The predicted molar refractivity (Wildman–Crippen MR) is 186 cm³/mol. The summed E-state index contributed by atoms with van der Waals surface area (Å²) in [5, 5.41) is 4.45. The molecule has 0 aromatic heterocycles. The average molecular weight is 689 g/mol. The first-order valence-electron chi connectivity index (χ1n) is 15.1. The van der Waals surface area contributed by atoms with Gasteiger partial charge in [-0.2, -0.15) is 8.42 Å². The van der Waals surface area contributed by atoms with Crippen LogP contribution in [0.25, 0.3) is 33.4 Å². The van der Waals surface area contributed by atoms with E-state index in [2.05, 4.69) is 17.4 Å². The molecule has 12 heteroatoms. The van der Waals surface area contributed by atoms with Crippen molar-refractivity contribution >= 4 is 48.3 Å². The van der Waals surface area contributed by atoms with Crippen molar-refractivity contribution in [2.75, 3.05) is 5.32 Å². The summed E-state index contributed by atoms with van der Waals surface area (Å²) in [6, 6.07) is 22.7. The Labute approximate surface area is 297 Å². The normalized spacial score (nSPS) is 12.4. The number of hydrogen-bond acceptors (Lipinski definition) is 8. The largest absolute Gasteiger partial charge is 1.00 e. The standard InChI is InChI=1S/C37H34N2O7S2.Li/c1-20-15-21(2)35(22(3)16-20)38-26-11-13-28-31(18-26)46-32-19-27(39-36-23(4)17-24(5)37(25(36)6)48(43,44)45)12-14-29(32)34(28)30-9-7-8-10-33(30)47(40,41)42;/h7-19,39H,1-6H3,(H,40,41,42)(H,43,44,45);/q;+1/p-1. The Kier molecular flexibility index (Phi) is 9.75. The summed E-state index contributed by atoms with van der Waals surface area (Å²) in [4.78, 5) is 4.39. The Morgan fingerprint density at radius 2 is 1.43 bits per heavy atom. The van der Waals surface area contributed by atoms with E-state index in [0.717, 1.165) is 27.9 Å². The molecular formula is C37H33LiN2O7S2. The first-order chi connectivity index (χ1) is 22.5. The van der Waals surface area contributed by atoms with Crippen molar-refractivity contribution in [3.63, 3.8) is 0 Å². The Morgan fingerprint density at radius 3 is 2.08 bits per heavy atom. The van der Waals surface area contributed by atoms with Gasteiger partial charge in [-0.15, -0.1) is 0 Å². The van der Waals surface area contributed by atoms with Crippen LogP contribution in [-0.2, 0) is 20.2 Å². The summed E-state index contributed by atoms with van der Waals surface area (Å²) in [5.74, 6) is 0.422. The van der Waals surface area contributed by atoms with Crippen LogP contribution >= 0.6 is 0 Å². The minimum absolute atomic E-state index is 0. The molecule has 0 amide bonds. The molecule has 2 aliphatic rings. The van der Waals surface area contributed by atoms with Gasteiger partial charge in [-0.1, -0.05) is 42.0 Å². The molecule has 0 saturated heterocycles.